The first-order chi connectivity index (χ1) is 20.5. The molecule has 43 heavy (non-hydrogen) atoms. The number of fused-ring (bicyclic) bond motifs is 3. The fourth-order valence-corrected chi connectivity index (χ4v) is 6.65. The summed E-state index contributed by atoms with van der Waals surface area (Å²) in [6, 6.07) is 35.2. The summed E-state index contributed by atoms with van der Waals surface area (Å²) in [6.07, 6.45) is 7.81. The van der Waals surface area contributed by atoms with Crippen LogP contribution in [0.3, 0.4) is 0 Å². The Morgan fingerprint density at radius 3 is 1.93 bits per heavy atom. The third kappa shape index (κ3) is 8.60. The molecular formula is C36H38Br2ClN3O. The Morgan fingerprint density at radius 1 is 0.698 bits per heavy atom. The fraction of sp³-hybridized carbons (Fsp3) is 0.250. The number of nitrogens with one attached hydrogen (secondary N) is 2. The molecule has 2 unspecified atom stereocenters. The van der Waals surface area contributed by atoms with Gasteiger partial charge in [-0.05, 0) is 91.3 Å². The van der Waals surface area contributed by atoms with Crippen molar-refractivity contribution in [3.05, 3.63) is 134 Å². The molecule has 0 spiro atoms. The van der Waals surface area contributed by atoms with Gasteiger partial charge < -0.3 is 10.4 Å². The molecule has 1 saturated carbocycles. The van der Waals surface area contributed by atoms with E-state index in [1.54, 1.807) is 0 Å². The molecule has 1 fully saturated rings. The summed E-state index contributed by atoms with van der Waals surface area (Å²) >= 11 is 6.90. The van der Waals surface area contributed by atoms with Crippen LogP contribution in [0.2, 0.25) is 0 Å². The van der Waals surface area contributed by atoms with Crippen molar-refractivity contribution in [1.82, 2.24) is 4.98 Å². The third-order valence-electron chi connectivity index (χ3n) is 8.14. The molecule has 7 heteroatoms. The van der Waals surface area contributed by atoms with E-state index in [-0.39, 0.29) is 18.3 Å². The van der Waals surface area contributed by atoms with Crippen LogP contribution in [0.5, 0.6) is 0 Å². The lowest BCUT2D eigenvalue weighted by molar-refractivity contribution is -0.121. The number of carbonyl (C=O) groups is 1. The number of benzene rings is 4. The molecule has 7 rings (SSSR count). The van der Waals surface area contributed by atoms with E-state index in [0.29, 0.717) is 11.7 Å². The molecule has 224 valence electrons. The van der Waals surface area contributed by atoms with E-state index >= 15 is 0 Å². The van der Waals surface area contributed by atoms with Gasteiger partial charge in [-0.3, -0.25) is 10.6 Å². The lowest BCUT2D eigenvalue weighted by Gasteiger charge is -2.23. The zero-order valence-electron chi connectivity index (χ0n) is 24.1. The summed E-state index contributed by atoms with van der Waals surface area (Å²) in [5.74, 6) is 6.27. The number of aromatic nitrogens is 1. The van der Waals surface area contributed by atoms with Crippen molar-refractivity contribution in [2.45, 2.75) is 56.8 Å². The Balaban J connectivity index is 0.000000159. The molecule has 0 bridgehead atoms. The van der Waals surface area contributed by atoms with Gasteiger partial charge in [0.1, 0.15) is 5.78 Å². The number of nitrogens with two attached hydrogens (primary N) is 1. The molecule has 0 aliphatic heterocycles. The normalized spacial score (nSPS) is 17.3. The zero-order valence-corrected chi connectivity index (χ0v) is 28.1. The number of Topliss-reactive ketones (excluding diaryl/α,β-unsaturated/α-hetero) is 1. The summed E-state index contributed by atoms with van der Waals surface area (Å²) in [6.45, 7) is 0. The first-order valence-electron chi connectivity index (χ1n) is 14.7. The molecule has 4 aromatic carbocycles. The third-order valence-corrected chi connectivity index (χ3v) is 9.16. The first-order valence-corrected chi connectivity index (χ1v) is 16.3. The number of halogens is 3. The Morgan fingerprint density at radius 2 is 1.30 bits per heavy atom. The molecule has 0 saturated heterocycles. The number of hydrogen-bond acceptors (Lipinski definition) is 3. The molecule has 2 aliphatic rings. The standard InChI is InChI=1S/C18H16BrN.C12H14O.C6H7BrN2.ClH/c19-13-9-10-17-16(11-13)15-8-4-7-14(18(15)20-17)12-5-2-1-3-6-12;13-12-9-5-4-8-11(12)10-6-2-1-3-7-10;7-5-1-3-6(9-8)4-2-5;/h1-3,5-6,9-11,14,20H,4,7-8H2;1-3,6-7,11H,4-5,8-9H2;1-4,9H,8H2;1H. The predicted octanol–water partition coefficient (Wildman–Crippen LogP) is 10.5. The van der Waals surface area contributed by atoms with Gasteiger partial charge in [-0.25, -0.2) is 0 Å². The van der Waals surface area contributed by atoms with Crippen LogP contribution in [-0.2, 0) is 11.2 Å². The van der Waals surface area contributed by atoms with Gasteiger partial charge in [0, 0.05) is 49.5 Å². The van der Waals surface area contributed by atoms with Crippen LogP contribution in [0.1, 0.15) is 72.7 Å². The fourth-order valence-electron chi connectivity index (χ4n) is 6.02. The van der Waals surface area contributed by atoms with Gasteiger partial charge in [0.15, 0.2) is 0 Å². The highest BCUT2D eigenvalue weighted by Crippen LogP contribution is 2.40. The van der Waals surface area contributed by atoms with Crippen molar-refractivity contribution in [2.75, 3.05) is 5.43 Å². The van der Waals surface area contributed by atoms with E-state index in [9.17, 15) is 4.79 Å². The summed E-state index contributed by atoms with van der Waals surface area (Å²) < 4.78 is 2.22. The average molecular weight is 724 g/mol. The zero-order chi connectivity index (χ0) is 29.3. The maximum Gasteiger partial charge on any atom is 0.140 e. The van der Waals surface area contributed by atoms with Crippen molar-refractivity contribution in [3.63, 3.8) is 0 Å². The monoisotopic (exact) mass is 721 g/mol. The van der Waals surface area contributed by atoms with Crippen LogP contribution in [0.15, 0.2) is 112 Å². The largest absolute Gasteiger partial charge is 0.358 e. The van der Waals surface area contributed by atoms with E-state index in [2.05, 4.69) is 103 Å². The second-order valence-corrected chi connectivity index (χ2v) is 12.7. The maximum atomic E-state index is 11.6. The lowest BCUT2D eigenvalue weighted by atomic mass is 9.82. The highest BCUT2D eigenvalue weighted by molar-refractivity contribution is 9.10. The van der Waals surface area contributed by atoms with Crippen molar-refractivity contribution in [1.29, 1.82) is 0 Å². The van der Waals surface area contributed by atoms with Crippen LogP contribution in [-0.4, -0.2) is 10.8 Å². The number of hydrogen-bond donors (Lipinski definition) is 3. The number of anilines is 1. The van der Waals surface area contributed by atoms with Gasteiger partial charge in [-0.1, -0.05) is 98.9 Å². The molecule has 5 aromatic rings. The van der Waals surface area contributed by atoms with Gasteiger partial charge in [0.05, 0.1) is 0 Å². The SMILES string of the molecule is Brc1ccc2[nH]c3c(c2c1)CCCC3c1ccccc1.Cl.NNc1ccc(Br)cc1.O=C1CCCCC1c1ccccc1. The van der Waals surface area contributed by atoms with Crippen LogP contribution in [0.25, 0.3) is 10.9 Å². The molecule has 4 N–H and O–H groups in total. The second kappa shape index (κ2) is 16.2. The summed E-state index contributed by atoms with van der Waals surface area (Å²) in [4.78, 5) is 15.3. The lowest BCUT2D eigenvalue weighted by Crippen LogP contribution is -2.16. The molecule has 2 aliphatic carbocycles. The molecule has 1 aromatic heterocycles. The van der Waals surface area contributed by atoms with Crippen molar-refractivity contribution in [2.24, 2.45) is 5.84 Å². The predicted molar refractivity (Wildman–Crippen MR) is 189 cm³/mol. The van der Waals surface area contributed by atoms with Gasteiger partial charge in [-0.2, -0.15) is 0 Å². The molecule has 2 atom stereocenters. The Bertz CT molecular complexity index is 1590. The van der Waals surface area contributed by atoms with E-state index in [4.69, 9.17) is 5.84 Å². The van der Waals surface area contributed by atoms with Gasteiger partial charge in [0.25, 0.3) is 0 Å². The van der Waals surface area contributed by atoms with E-state index in [0.717, 1.165) is 33.9 Å². The number of ketones is 1. The maximum absolute atomic E-state index is 11.6. The minimum Gasteiger partial charge on any atom is -0.358 e. The number of aryl methyl sites for hydroxylation is 1. The minimum atomic E-state index is 0. The number of nitrogen functional groups attached to an aromatic ring is 1. The molecule has 0 amide bonds. The number of aromatic amines is 1. The number of hydrazine groups is 1. The quantitative estimate of drug-likeness (QED) is 0.128. The average Bonchev–Trinajstić information content (AvgIpc) is 3.41. The minimum absolute atomic E-state index is 0. The van der Waals surface area contributed by atoms with Gasteiger partial charge >= 0.3 is 0 Å². The Kier molecular flexibility index (Phi) is 12.5. The van der Waals surface area contributed by atoms with Gasteiger partial charge in [0.2, 0.25) is 0 Å². The molecule has 4 nitrogen and oxygen atoms in total. The highest BCUT2D eigenvalue weighted by Gasteiger charge is 2.25. The van der Waals surface area contributed by atoms with E-state index in [1.165, 1.54) is 59.0 Å². The summed E-state index contributed by atoms with van der Waals surface area (Å²) in [7, 11) is 0. The van der Waals surface area contributed by atoms with E-state index in [1.807, 2.05) is 42.5 Å². The topological polar surface area (TPSA) is 70.9 Å². The van der Waals surface area contributed by atoms with Crippen LogP contribution in [0, 0.1) is 0 Å². The number of carbonyl (C=O) groups excluding carboxylic acids is 1. The van der Waals surface area contributed by atoms with Crippen molar-refractivity contribution >= 4 is 66.6 Å². The first kappa shape index (κ1) is 33.0. The highest BCUT2D eigenvalue weighted by atomic mass is 79.9. The van der Waals surface area contributed by atoms with E-state index < -0.39 is 0 Å². The Labute approximate surface area is 277 Å². The number of H-pyrrole nitrogens is 1. The summed E-state index contributed by atoms with van der Waals surface area (Å²) in [5.41, 5.74) is 10.3. The second-order valence-electron chi connectivity index (χ2n) is 10.9. The van der Waals surface area contributed by atoms with Crippen LogP contribution >= 0.6 is 44.3 Å². The summed E-state index contributed by atoms with van der Waals surface area (Å²) in [5, 5.41) is 1.38. The molecule has 0 radical (unpaired) electrons. The molecule has 1 heterocycles. The number of rotatable bonds is 3. The Hall–Kier alpha value is -2.90. The van der Waals surface area contributed by atoms with Crippen molar-refractivity contribution in [3.8, 4) is 0 Å². The smallest absolute Gasteiger partial charge is 0.140 e. The van der Waals surface area contributed by atoms with Gasteiger partial charge in [-0.15, -0.1) is 12.4 Å². The van der Waals surface area contributed by atoms with Crippen molar-refractivity contribution < 1.29 is 4.79 Å². The van der Waals surface area contributed by atoms with Crippen LogP contribution in [0.4, 0.5) is 5.69 Å². The molecular weight excluding hydrogens is 686 g/mol. The van der Waals surface area contributed by atoms with Crippen LogP contribution < -0.4 is 11.3 Å².